The van der Waals surface area contributed by atoms with Crippen LogP contribution >= 0.6 is 0 Å². The van der Waals surface area contributed by atoms with E-state index in [0.29, 0.717) is 17.9 Å². The van der Waals surface area contributed by atoms with Gasteiger partial charge in [0.1, 0.15) is 5.75 Å². The minimum atomic E-state index is -0.122. The van der Waals surface area contributed by atoms with Crippen molar-refractivity contribution in [2.24, 2.45) is 7.05 Å². The van der Waals surface area contributed by atoms with Crippen molar-refractivity contribution < 1.29 is 9.53 Å². The third-order valence-corrected chi connectivity index (χ3v) is 2.98. The van der Waals surface area contributed by atoms with Gasteiger partial charge in [-0.05, 0) is 32.0 Å². The molecule has 0 bridgehead atoms. The first kappa shape index (κ1) is 14.1. The lowest BCUT2D eigenvalue weighted by Gasteiger charge is -2.12. The second kappa shape index (κ2) is 6.23. The molecule has 0 aliphatic rings. The lowest BCUT2D eigenvalue weighted by Crippen LogP contribution is -2.26. The zero-order valence-corrected chi connectivity index (χ0v) is 12.0. The van der Waals surface area contributed by atoms with Crippen molar-refractivity contribution in [2.75, 3.05) is 6.61 Å². The Labute approximate surface area is 118 Å². The third kappa shape index (κ3) is 3.38. The maximum Gasteiger partial charge on any atom is 0.251 e. The van der Waals surface area contributed by atoms with Gasteiger partial charge >= 0.3 is 0 Å². The number of ether oxygens (including phenoxy) is 1. The summed E-state index contributed by atoms with van der Waals surface area (Å²) < 4.78 is 7.11. The van der Waals surface area contributed by atoms with Gasteiger partial charge in [0.05, 0.1) is 18.8 Å². The van der Waals surface area contributed by atoms with Crippen molar-refractivity contribution in [1.29, 1.82) is 0 Å². The van der Waals surface area contributed by atoms with Gasteiger partial charge in [-0.15, -0.1) is 0 Å². The van der Waals surface area contributed by atoms with Crippen molar-refractivity contribution in [1.82, 2.24) is 15.1 Å². The molecule has 20 heavy (non-hydrogen) atoms. The molecule has 0 radical (unpaired) electrons. The van der Waals surface area contributed by atoms with E-state index in [1.807, 2.05) is 39.2 Å². The standard InChI is InChI=1S/C15H19N3O2/c1-4-20-14-7-5-6-12(8-14)15(19)17-11(2)13-9-16-18(3)10-13/h5-11H,4H2,1-3H3,(H,17,19)/t11-/m1/s1. The van der Waals surface area contributed by atoms with Crippen molar-refractivity contribution >= 4 is 5.91 Å². The highest BCUT2D eigenvalue weighted by Crippen LogP contribution is 2.15. The van der Waals surface area contributed by atoms with Crippen molar-refractivity contribution in [3.8, 4) is 5.75 Å². The molecule has 1 aromatic heterocycles. The Morgan fingerprint density at radius 2 is 2.30 bits per heavy atom. The predicted octanol–water partition coefficient (Wildman–Crippen LogP) is 2.31. The highest BCUT2D eigenvalue weighted by Gasteiger charge is 2.13. The number of rotatable bonds is 5. The summed E-state index contributed by atoms with van der Waals surface area (Å²) in [6, 6.07) is 7.08. The Bertz CT molecular complexity index is 592. The van der Waals surface area contributed by atoms with Gasteiger partial charge in [-0.25, -0.2) is 0 Å². The van der Waals surface area contributed by atoms with Crippen molar-refractivity contribution in [2.45, 2.75) is 19.9 Å². The van der Waals surface area contributed by atoms with E-state index in [9.17, 15) is 4.79 Å². The normalized spacial score (nSPS) is 11.9. The molecule has 0 saturated carbocycles. The first-order chi connectivity index (χ1) is 9.60. The van der Waals surface area contributed by atoms with Crippen LogP contribution in [0.25, 0.3) is 0 Å². The summed E-state index contributed by atoms with van der Waals surface area (Å²) in [6.07, 6.45) is 3.64. The van der Waals surface area contributed by atoms with Crippen LogP contribution in [0.3, 0.4) is 0 Å². The molecular formula is C15H19N3O2. The summed E-state index contributed by atoms with van der Waals surface area (Å²) in [6.45, 7) is 4.43. The molecule has 1 aromatic carbocycles. The van der Waals surface area contributed by atoms with E-state index in [1.165, 1.54) is 0 Å². The SMILES string of the molecule is CCOc1cccc(C(=O)N[C@H](C)c2cnn(C)c2)c1. The molecule has 2 rings (SSSR count). The second-order valence-electron chi connectivity index (χ2n) is 4.60. The number of carbonyl (C=O) groups excluding carboxylic acids is 1. The molecule has 1 amide bonds. The van der Waals surface area contributed by atoms with E-state index >= 15 is 0 Å². The van der Waals surface area contributed by atoms with Crippen LogP contribution in [0.15, 0.2) is 36.7 Å². The van der Waals surface area contributed by atoms with E-state index in [0.717, 1.165) is 5.56 Å². The van der Waals surface area contributed by atoms with E-state index in [4.69, 9.17) is 4.74 Å². The Morgan fingerprint density at radius 1 is 1.50 bits per heavy atom. The Hall–Kier alpha value is -2.30. The van der Waals surface area contributed by atoms with E-state index in [2.05, 4.69) is 10.4 Å². The average molecular weight is 273 g/mol. The van der Waals surface area contributed by atoms with E-state index in [1.54, 1.807) is 23.0 Å². The molecule has 0 saturated heterocycles. The molecule has 5 heteroatoms. The molecule has 0 aliphatic carbocycles. The minimum absolute atomic E-state index is 0.0908. The van der Waals surface area contributed by atoms with Crippen LogP contribution in [0.5, 0.6) is 5.75 Å². The van der Waals surface area contributed by atoms with Crippen LogP contribution in [0.2, 0.25) is 0 Å². The number of aryl methyl sites for hydroxylation is 1. The summed E-state index contributed by atoms with van der Waals surface area (Å²) in [5.41, 5.74) is 1.56. The predicted molar refractivity (Wildman–Crippen MR) is 76.7 cm³/mol. The number of hydrogen-bond donors (Lipinski definition) is 1. The van der Waals surface area contributed by atoms with E-state index < -0.39 is 0 Å². The van der Waals surface area contributed by atoms with Gasteiger partial charge in [0.15, 0.2) is 0 Å². The Kier molecular flexibility index (Phi) is 4.40. The number of hydrogen-bond acceptors (Lipinski definition) is 3. The van der Waals surface area contributed by atoms with Crippen LogP contribution in [0.1, 0.15) is 35.8 Å². The van der Waals surface area contributed by atoms with Crippen molar-refractivity contribution in [3.05, 3.63) is 47.8 Å². The molecule has 1 N–H and O–H groups in total. The number of nitrogens with one attached hydrogen (secondary N) is 1. The van der Waals surface area contributed by atoms with Gasteiger partial charge < -0.3 is 10.1 Å². The molecule has 1 atom stereocenters. The van der Waals surface area contributed by atoms with Crippen LogP contribution in [0, 0.1) is 0 Å². The van der Waals surface area contributed by atoms with Gasteiger partial charge in [0, 0.05) is 24.4 Å². The fraction of sp³-hybridized carbons (Fsp3) is 0.333. The molecule has 1 heterocycles. The molecule has 106 valence electrons. The first-order valence-corrected chi connectivity index (χ1v) is 6.62. The fourth-order valence-electron chi connectivity index (χ4n) is 1.92. The summed E-state index contributed by atoms with van der Waals surface area (Å²) in [5.74, 6) is 0.581. The van der Waals surface area contributed by atoms with Gasteiger partial charge in [-0.3, -0.25) is 9.48 Å². The second-order valence-corrected chi connectivity index (χ2v) is 4.60. The van der Waals surface area contributed by atoms with Gasteiger partial charge in [-0.2, -0.15) is 5.10 Å². The maximum atomic E-state index is 12.2. The van der Waals surface area contributed by atoms with Crippen LogP contribution in [-0.4, -0.2) is 22.3 Å². The molecule has 0 fully saturated rings. The average Bonchev–Trinajstić information content (AvgIpc) is 2.86. The number of aromatic nitrogens is 2. The Balaban J connectivity index is 2.06. The maximum absolute atomic E-state index is 12.2. The van der Waals surface area contributed by atoms with Crippen LogP contribution < -0.4 is 10.1 Å². The highest BCUT2D eigenvalue weighted by molar-refractivity contribution is 5.94. The monoisotopic (exact) mass is 273 g/mol. The number of carbonyl (C=O) groups is 1. The summed E-state index contributed by atoms with van der Waals surface area (Å²) in [5, 5.41) is 7.05. The molecular weight excluding hydrogens is 254 g/mol. The molecule has 0 aliphatic heterocycles. The minimum Gasteiger partial charge on any atom is -0.494 e. The van der Waals surface area contributed by atoms with Gasteiger partial charge in [0.2, 0.25) is 0 Å². The van der Waals surface area contributed by atoms with Crippen LogP contribution in [0.4, 0.5) is 0 Å². The van der Waals surface area contributed by atoms with Gasteiger partial charge in [-0.1, -0.05) is 6.07 Å². The highest BCUT2D eigenvalue weighted by atomic mass is 16.5. The third-order valence-electron chi connectivity index (χ3n) is 2.98. The number of amides is 1. The Morgan fingerprint density at radius 3 is 2.95 bits per heavy atom. The lowest BCUT2D eigenvalue weighted by molar-refractivity contribution is 0.0939. The van der Waals surface area contributed by atoms with E-state index in [-0.39, 0.29) is 11.9 Å². The van der Waals surface area contributed by atoms with Gasteiger partial charge in [0.25, 0.3) is 5.91 Å². The quantitative estimate of drug-likeness (QED) is 0.909. The number of benzene rings is 1. The zero-order chi connectivity index (χ0) is 14.5. The largest absolute Gasteiger partial charge is 0.494 e. The number of nitrogens with zero attached hydrogens (tertiary/aromatic N) is 2. The summed E-state index contributed by atoms with van der Waals surface area (Å²) in [4.78, 5) is 12.2. The summed E-state index contributed by atoms with van der Waals surface area (Å²) >= 11 is 0. The topological polar surface area (TPSA) is 56.1 Å². The fourth-order valence-corrected chi connectivity index (χ4v) is 1.92. The molecule has 2 aromatic rings. The first-order valence-electron chi connectivity index (χ1n) is 6.62. The summed E-state index contributed by atoms with van der Waals surface area (Å²) in [7, 11) is 1.85. The molecule has 0 spiro atoms. The molecule has 0 unspecified atom stereocenters. The molecule has 5 nitrogen and oxygen atoms in total. The van der Waals surface area contributed by atoms with Crippen molar-refractivity contribution in [3.63, 3.8) is 0 Å². The van der Waals surface area contributed by atoms with Crippen LogP contribution in [-0.2, 0) is 7.05 Å². The lowest BCUT2D eigenvalue weighted by atomic mass is 10.1. The smallest absolute Gasteiger partial charge is 0.251 e. The zero-order valence-electron chi connectivity index (χ0n) is 12.0.